The number of hydrogen-bond donors (Lipinski definition) is 1. The van der Waals surface area contributed by atoms with Crippen molar-refractivity contribution in [3.05, 3.63) is 53.4 Å². The lowest BCUT2D eigenvalue weighted by molar-refractivity contribution is -0.113. The van der Waals surface area contributed by atoms with E-state index in [1.165, 1.54) is 23.1 Å². The van der Waals surface area contributed by atoms with E-state index in [0.717, 1.165) is 33.2 Å². The average Bonchev–Trinajstić information content (AvgIpc) is 3.14. The van der Waals surface area contributed by atoms with Gasteiger partial charge in [-0.15, -0.1) is 23.1 Å². The van der Waals surface area contributed by atoms with Crippen molar-refractivity contribution in [1.82, 2.24) is 4.98 Å². The van der Waals surface area contributed by atoms with Crippen LogP contribution in [0.4, 0.5) is 5.13 Å². The molecule has 0 fully saturated rings. The molecule has 0 radical (unpaired) electrons. The number of rotatable bonds is 5. The van der Waals surface area contributed by atoms with Crippen LogP contribution in [-0.2, 0) is 4.79 Å². The number of carbonyl (C=O) groups excluding carboxylic acids is 1. The van der Waals surface area contributed by atoms with Crippen LogP contribution in [0, 0.1) is 6.92 Å². The van der Waals surface area contributed by atoms with Crippen molar-refractivity contribution in [2.75, 3.05) is 24.3 Å². The molecule has 1 aromatic heterocycles. The highest BCUT2D eigenvalue weighted by Gasteiger charge is 2.13. The number of hydrogen-bond acceptors (Lipinski definition) is 6. The van der Waals surface area contributed by atoms with Gasteiger partial charge in [0, 0.05) is 15.8 Å². The summed E-state index contributed by atoms with van der Waals surface area (Å²) in [5.74, 6) is 1.70. The van der Waals surface area contributed by atoms with Crippen LogP contribution in [0.25, 0.3) is 11.3 Å². The molecule has 0 saturated heterocycles. The average molecular weight is 399 g/mol. The van der Waals surface area contributed by atoms with E-state index in [1.54, 1.807) is 0 Å². The zero-order valence-electron chi connectivity index (χ0n) is 14.7. The summed E-state index contributed by atoms with van der Waals surface area (Å²) in [6.45, 7) is 3.17. The highest BCUT2D eigenvalue weighted by molar-refractivity contribution is 8.00. The molecule has 0 bridgehead atoms. The van der Waals surface area contributed by atoms with Crippen molar-refractivity contribution in [1.29, 1.82) is 0 Å². The first-order chi connectivity index (χ1) is 13.2. The Morgan fingerprint density at radius 1 is 1.19 bits per heavy atom. The summed E-state index contributed by atoms with van der Waals surface area (Å²) in [5, 5.41) is 5.45. The van der Waals surface area contributed by atoms with Crippen molar-refractivity contribution < 1.29 is 14.3 Å². The molecule has 1 aliphatic heterocycles. The van der Waals surface area contributed by atoms with E-state index in [0.29, 0.717) is 24.1 Å². The van der Waals surface area contributed by atoms with Crippen LogP contribution in [-0.4, -0.2) is 29.9 Å². The third-order valence-corrected chi connectivity index (χ3v) is 5.81. The van der Waals surface area contributed by atoms with Gasteiger partial charge in [0.1, 0.15) is 13.2 Å². The summed E-state index contributed by atoms with van der Waals surface area (Å²) in [7, 11) is 0. The van der Waals surface area contributed by atoms with E-state index >= 15 is 0 Å². The maximum absolute atomic E-state index is 12.3. The molecule has 2 aromatic carbocycles. The summed E-state index contributed by atoms with van der Waals surface area (Å²) in [5.41, 5.74) is 3.13. The van der Waals surface area contributed by atoms with E-state index in [-0.39, 0.29) is 5.91 Å². The minimum absolute atomic E-state index is 0.0828. The van der Waals surface area contributed by atoms with E-state index < -0.39 is 0 Å². The van der Waals surface area contributed by atoms with Gasteiger partial charge >= 0.3 is 0 Å². The first kappa shape index (κ1) is 17.9. The smallest absolute Gasteiger partial charge is 0.236 e. The van der Waals surface area contributed by atoms with Crippen molar-refractivity contribution >= 4 is 34.1 Å². The molecule has 2 heterocycles. The van der Waals surface area contributed by atoms with Gasteiger partial charge in [-0.25, -0.2) is 4.98 Å². The molecule has 3 aromatic rings. The fourth-order valence-corrected chi connectivity index (χ4v) is 4.18. The molecule has 0 unspecified atom stereocenters. The van der Waals surface area contributed by atoms with Gasteiger partial charge in [-0.2, -0.15) is 0 Å². The maximum Gasteiger partial charge on any atom is 0.236 e. The van der Waals surface area contributed by atoms with Gasteiger partial charge in [-0.1, -0.05) is 24.3 Å². The van der Waals surface area contributed by atoms with Crippen LogP contribution in [0.1, 0.15) is 5.56 Å². The summed E-state index contributed by atoms with van der Waals surface area (Å²) >= 11 is 2.89. The molecular formula is C20H18N2O3S2. The van der Waals surface area contributed by atoms with Crippen molar-refractivity contribution in [3.63, 3.8) is 0 Å². The van der Waals surface area contributed by atoms with Gasteiger partial charge in [0.25, 0.3) is 0 Å². The number of benzene rings is 2. The number of fused-ring (bicyclic) bond motifs is 1. The molecule has 0 atom stereocenters. The molecule has 0 aliphatic carbocycles. The Labute approximate surface area is 165 Å². The molecule has 1 amide bonds. The topological polar surface area (TPSA) is 60.5 Å². The predicted molar refractivity (Wildman–Crippen MR) is 109 cm³/mol. The lowest BCUT2D eigenvalue weighted by Gasteiger charge is -2.18. The van der Waals surface area contributed by atoms with Crippen LogP contribution in [0.3, 0.4) is 0 Å². The number of thiazole rings is 1. The second-order valence-corrected chi connectivity index (χ2v) is 7.90. The lowest BCUT2D eigenvalue weighted by atomic mass is 10.1. The zero-order chi connectivity index (χ0) is 18.6. The molecule has 1 N–H and O–H groups in total. The Balaban J connectivity index is 1.35. The highest BCUT2D eigenvalue weighted by atomic mass is 32.2. The number of aromatic nitrogens is 1. The van der Waals surface area contributed by atoms with Gasteiger partial charge < -0.3 is 14.8 Å². The van der Waals surface area contributed by atoms with Gasteiger partial charge in [0.15, 0.2) is 16.6 Å². The first-order valence-electron chi connectivity index (χ1n) is 8.53. The van der Waals surface area contributed by atoms with Crippen LogP contribution in [0.2, 0.25) is 0 Å². The normalized spacial score (nSPS) is 12.6. The van der Waals surface area contributed by atoms with Crippen molar-refractivity contribution in [2.45, 2.75) is 11.8 Å². The molecule has 27 heavy (non-hydrogen) atoms. The fourth-order valence-electron chi connectivity index (χ4n) is 2.73. The van der Waals surface area contributed by atoms with Crippen molar-refractivity contribution in [3.8, 4) is 22.8 Å². The fraction of sp³-hybridized carbons (Fsp3) is 0.200. The molecule has 0 saturated carbocycles. The van der Waals surface area contributed by atoms with Crippen LogP contribution in [0.5, 0.6) is 11.5 Å². The lowest BCUT2D eigenvalue weighted by Crippen LogP contribution is -2.15. The first-order valence-corrected chi connectivity index (χ1v) is 10.4. The molecule has 7 heteroatoms. The zero-order valence-corrected chi connectivity index (χ0v) is 16.4. The molecule has 5 nitrogen and oxygen atoms in total. The summed E-state index contributed by atoms with van der Waals surface area (Å²) < 4.78 is 11.1. The van der Waals surface area contributed by atoms with Gasteiger partial charge in [0.05, 0.1) is 11.4 Å². The quantitative estimate of drug-likeness (QED) is 0.636. The van der Waals surface area contributed by atoms with E-state index in [1.807, 2.05) is 41.8 Å². The molecule has 138 valence electrons. The SMILES string of the molecule is Cc1ccccc1-c1csc(NC(=O)CSc2ccc3c(c2)OCCO3)n1. The maximum atomic E-state index is 12.3. The number of nitrogens with zero attached hydrogens (tertiary/aromatic N) is 1. The van der Waals surface area contributed by atoms with Crippen LogP contribution >= 0.6 is 23.1 Å². The molecule has 0 spiro atoms. The second kappa shape index (κ2) is 8.02. The number of amides is 1. The molecule has 1 aliphatic rings. The second-order valence-electron chi connectivity index (χ2n) is 6.00. The summed E-state index contributed by atoms with van der Waals surface area (Å²) in [4.78, 5) is 17.8. The minimum atomic E-state index is -0.0828. The van der Waals surface area contributed by atoms with E-state index in [2.05, 4.69) is 23.3 Å². The third kappa shape index (κ3) is 4.26. The number of aryl methyl sites for hydroxylation is 1. The molecule has 4 rings (SSSR count). The van der Waals surface area contributed by atoms with Crippen molar-refractivity contribution in [2.24, 2.45) is 0 Å². The van der Waals surface area contributed by atoms with E-state index in [9.17, 15) is 4.79 Å². The highest BCUT2D eigenvalue weighted by Crippen LogP contribution is 2.34. The third-order valence-electron chi connectivity index (χ3n) is 4.06. The monoisotopic (exact) mass is 398 g/mol. The molecular weight excluding hydrogens is 380 g/mol. The summed E-state index contributed by atoms with van der Waals surface area (Å²) in [6.07, 6.45) is 0. The largest absolute Gasteiger partial charge is 0.486 e. The minimum Gasteiger partial charge on any atom is -0.486 e. The van der Waals surface area contributed by atoms with E-state index in [4.69, 9.17) is 9.47 Å². The van der Waals surface area contributed by atoms with Crippen LogP contribution in [0.15, 0.2) is 52.7 Å². The summed E-state index contributed by atoms with van der Waals surface area (Å²) in [6, 6.07) is 13.8. The Morgan fingerprint density at radius 3 is 2.85 bits per heavy atom. The number of anilines is 1. The Kier molecular flexibility index (Phi) is 5.31. The van der Waals surface area contributed by atoms with Crippen LogP contribution < -0.4 is 14.8 Å². The number of thioether (sulfide) groups is 1. The number of ether oxygens (including phenoxy) is 2. The standard InChI is InChI=1S/C20H18N2O3S2/c1-13-4-2-3-5-15(13)16-11-27-20(21-16)22-19(23)12-26-14-6-7-17-18(10-14)25-9-8-24-17/h2-7,10-11H,8-9,12H2,1H3,(H,21,22,23). The van der Waals surface area contributed by atoms with Gasteiger partial charge in [-0.3, -0.25) is 4.79 Å². The Hall–Kier alpha value is -2.51. The predicted octanol–water partition coefficient (Wildman–Crippen LogP) is 4.62. The van der Waals surface area contributed by atoms with Gasteiger partial charge in [-0.05, 0) is 30.7 Å². The Bertz CT molecular complexity index is 971. The number of carbonyl (C=O) groups is 1. The number of nitrogens with one attached hydrogen (secondary N) is 1. The van der Waals surface area contributed by atoms with Gasteiger partial charge in [0.2, 0.25) is 5.91 Å². The Morgan fingerprint density at radius 2 is 2.00 bits per heavy atom.